The molecule has 19 heavy (non-hydrogen) atoms. The maximum absolute atomic E-state index is 3.87. The molecule has 0 aliphatic carbocycles. The monoisotopic (exact) mass is 252 g/mol. The summed E-state index contributed by atoms with van der Waals surface area (Å²) in [5, 5.41) is 1.44. The summed E-state index contributed by atoms with van der Waals surface area (Å²) in [5.74, 6) is 0. The van der Waals surface area contributed by atoms with Crippen LogP contribution in [0.4, 0.5) is 0 Å². The van der Waals surface area contributed by atoms with E-state index in [2.05, 4.69) is 40.7 Å². The average molecular weight is 252 g/mol. The molecule has 2 bridgehead atoms. The first kappa shape index (κ1) is 11.3. The summed E-state index contributed by atoms with van der Waals surface area (Å²) in [6.07, 6.45) is 7.00. The Kier molecular flexibility index (Phi) is 2.52. The maximum atomic E-state index is 3.87. The molecule has 0 amide bonds. The summed E-state index contributed by atoms with van der Waals surface area (Å²) < 4.78 is 0. The van der Waals surface area contributed by atoms with E-state index in [1.165, 1.54) is 35.9 Å². The van der Waals surface area contributed by atoms with Gasteiger partial charge in [-0.2, -0.15) is 0 Å². The number of aromatic amines is 1. The van der Waals surface area contributed by atoms with E-state index in [1.54, 1.807) is 5.56 Å². The number of aromatic nitrogens is 1. The van der Waals surface area contributed by atoms with Crippen molar-refractivity contribution in [3.63, 3.8) is 0 Å². The van der Waals surface area contributed by atoms with Crippen LogP contribution in [0.5, 0.6) is 0 Å². The Bertz CT molecular complexity index is 625. The third kappa shape index (κ3) is 1.59. The summed E-state index contributed by atoms with van der Waals surface area (Å²) in [4.78, 5) is 6.36. The van der Waals surface area contributed by atoms with E-state index in [0.717, 1.165) is 19.0 Å². The predicted octanol–water partition coefficient (Wildman–Crippen LogP) is 3.81. The minimum absolute atomic E-state index is 0.629. The van der Waals surface area contributed by atoms with Crippen LogP contribution in [0, 0.1) is 0 Å². The Morgan fingerprint density at radius 3 is 3.11 bits per heavy atom. The third-order valence-electron chi connectivity index (χ3n) is 4.83. The van der Waals surface area contributed by atoms with Gasteiger partial charge in [-0.05, 0) is 30.9 Å². The molecular weight excluding hydrogens is 232 g/mol. The van der Waals surface area contributed by atoms with E-state index in [0.29, 0.717) is 6.04 Å². The lowest BCUT2D eigenvalue weighted by atomic mass is 9.97. The van der Waals surface area contributed by atoms with E-state index in [1.807, 2.05) is 6.08 Å². The highest BCUT2D eigenvalue weighted by molar-refractivity contribution is 5.85. The molecule has 1 aromatic carbocycles. The van der Waals surface area contributed by atoms with Gasteiger partial charge in [-0.25, -0.2) is 0 Å². The van der Waals surface area contributed by atoms with Gasteiger partial charge in [0.1, 0.15) is 0 Å². The second-order valence-electron chi connectivity index (χ2n) is 5.83. The number of benzene rings is 1. The molecule has 1 fully saturated rings. The topological polar surface area (TPSA) is 19.0 Å². The zero-order chi connectivity index (χ0) is 12.8. The molecule has 1 N–H and O–H groups in total. The molecule has 1 aromatic heterocycles. The van der Waals surface area contributed by atoms with Crippen LogP contribution in [0.3, 0.4) is 0 Å². The summed E-state index contributed by atoms with van der Waals surface area (Å²) in [6, 6.07) is 10.1. The number of nitrogens with one attached hydrogen (secondary N) is 1. The number of para-hydroxylation sites is 1. The fraction of sp³-hybridized carbons (Fsp3) is 0.412. The van der Waals surface area contributed by atoms with Crippen LogP contribution in [0.25, 0.3) is 10.9 Å². The average Bonchev–Trinajstić information content (AvgIpc) is 2.93. The molecule has 0 spiro atoms. The molecule has 2 aliphatic heterocycles. The first-order valence-corrected chi connectivity index (χ1v) is 7.34. The van der Waals surface area contributed by atoms with Crippen molar-refractivity contribution >= 4 is 10.9 Å². The molecule has 2 aliphatic rings. The molecule has 2 unspecified atom stereocenters. The van der Waals surface area contributed by atoms with Gasteiger partial charge >= 0.3 is 0 Å². The maximum Gasteiger partial charge on any atom is 0.0459 e. The first-order chi connectivity index (χ1) is 9.38. The van der Waals surface area contributed by atoms with Crippen molar-refractivity contribution in [2.45, 2.75) is 37.8 Å². The van der Waals surface area contributed by atoms with E-state index in [4.69, 9.17) is 0 Å². The summed E-state index contributed by atoms with van der Waals surface area (Å²) in [5.41, 5.74) is 4.38. The number of nitrogens with zero attached hydrogens (tertiary/aromatic N) is 1. The normalized spacial score (nSPS) is 25.7. The fourth-order valence-corrected chi connectivity index (χ4v) is 4.04. The zero-order valence-corrected chi connectivity index (χ0v) is 11.2. The van der Waals surface area contributed by atoms with E-state index < -0.39 is 0 Å². The minimum Gasteiger partial charge on any atom is -0.358 e. The van der Waals surface area contributed by atoms with E-state index in [9.17, 15) is 0 Å². The van der Waals surface area contributed by atoms with Crippen molar-refractivity contribution in [2.75, 3.05) is 6.54 Å². The van der Waals surface area contributed by atoms with Crippen LogP contribution in [0.1, 0.15) is 36.6 Å². The quantitative estimate of drug-likeness (QED) is 0.823. The Labute approximate surface area is 114 Å². The van der Waals surface area contributed by atoms with Crippen LogP contribution in [0.2, 0.25) is 0 Å². The summed E-state index contributed by atoms with van der Waals surface area (Å²) in [6.45, 7) is 5.03. The van der Waals surface area contributed by atoms with Gasteiger partial charge in [0.2, 0.25) is 0 Å². The standard InChI is InChI=1S/C17H20N2/c1-2-3-10-19-12-8-9-16(19)17-13-6-4-5-7-14(13)18-15(17)11-12/h2,4-7,12,16,18H,1,3,8-11H2. The van der Waals surface area contributed by atoms with Crippen LogP contribution in [0.15, 0.2) is 36.9 Å². The molecule has 3 heterocycles. The van der Waals surface area contributed by atoms with Crippen LogP contribution >= 0.6 is 0 Å². The first-order valence-electron chi connectivity index (χ1n) is 7.34. The Morgan fingerprint density at radius 2 is 2.21 bits per heavy atom. The van der Waals surface area contributed by atoms with Crippen molar-refractivity contribution in [3.05, 3.63) is 48.2 Å². The lowest BCUT2D eigenvalue weighted by Crippen LogP contribution is -2.37. The van der Waals surface area contributed by atoms with Crippen molar-refractivity contribution < 1.29 is 0 Å². The van der Waals surface area contributed by atoms with E-state index in [-0.39, 0.29) is 0 Å². The fourth-order valence-electron chi connectivity index (χ4n) is 4.04. The summed E-state index contributed by atoms with van der Waals surface area (Å²) >= 11 is 0. The molecule has 0 saturated carbocycles. The highest BCUT2D eigenvalue weighted by Gasteiger charge is 2.40. The Hall–Kier alpha value is -1.54. The zero-order valence-electron chi connectivity index (χ0n) is 11.2. The lowest BCUT2D eigenvalue weighted by molar-refractivity contribution is 0.181. The molecule has 4 rings (SSSR count). The van der Waals surface area contributed by atoms with Gasteiger partial charge in [0.05, 0.1) is 0 Å². The molecule has 2 aromatic rings. The summed E-state index contributed by atoms with van der Waals surface area (Å²) in [7, 11) is 0. The van der Waals surface area contributed by atoms with Gasteiger partial charge in [0.25, 0.3) is 0 Å². The van der Waals surface area contributed by atoms with Crippen LogP contribution in [-0.4, -0.2) is 22.5 Å². The molecule has 2 atom stereocenters. The van der Waals surface area contributed by atoms with Gasteiger partial charge < -0.3 is 4.98 Å². The van der Waals surface area contributed by atoms with Crippen molar-refractivity contribution in [3.8, 4) is 0 Å². The van der Waals surface area contributed by atoms with Crippen LogP contribution < -0.4 is 0 Å². The lowest BCUT2D eigenvalue weighted by Gasteiger charge is -2.34. The molecule has 98 valence electrons. The SMILES string of the molecule is C=CCCN1C2CCC1c1c([nH]c3ccccc13)C2. The molecular formula is C17H20N2. The van der Waals surface area contributed by atoms with Gasteiger partial charge in [-0.1, -0.05) is 24.3 Å². The second-order valence-corrected chi connectivity index (χ2v) is 5.83. The number of hydrogen-bond donors (Lipinski definition) is 1. The van der Waals surface area contributed by atoms with Crippen LogP contribution in [-0.2, 0) is 6.42 Å². The van der Waals surface area contributed by atoms with Gasteiger partial charge in [-0.3, -0.25) is 4.90 Å². The van der Waals surface area contributed by atoms with E-state index >= 15 is 0 Å². The highest BCUT2D eigenvalue weighted by Crippen LogP contribution is 2.46. The van der Waals surface area contributed by atoms with Gasteiger partial charge in [-0.15, -0.1) is 6.58 Å². The third-order valence-corrected chi connectivity index (χ3v) is 4.83. The highest BCUT2D eigenvalue weighted by atomic mass is 15.2. The smallest absolute Gasteiger partial charge is 0.0459 e. The largest absolute Gasteiger partial charge is 0.358 e. The molecule has 2 nitrogen and oxygen atoms in total. The predicted molar refractivity (Wildman–Crippen MR) is 79.3 cm³/mol. The molecule has 1 saturated heterocycles. The Balaban J connectivity index is 1.81. The number of hydrogen-bond acceptors (Lipinski definition) is 1. The Morgan fingerprint density at radius 1 is 1.32 bits per heavy atom. The minimum atomic E-state index is 0.629. The van der Waals surface area contributed by atoms with Crippen molar-refractivity contribution in [1.29, 1.82) is 0 Å². The van der Waals surface area contributed by atoms with Gasteiger partial charge in [0, 0.05) is 41.6 Å². The number of rotatable bonds is 3. The van der Waals surface area contributed by atoms with Gasteiger partial charge in [0.15, 0.2) is 0 Å². The van der Waals surface area contributed by atoms with Crippen molar-refractivity contribution in [2.24, 2.45) is 0 Å². The molecule has 0 radical (unpaired) electrons. The number of fused-ring (bicyclic) bond motifs is 6. The number of H-pyrrole nitrogens is 1. The van der Waals surface area contributed by atoms with Crippen molar-refractivity contribution in [1.82, 2.24) is 9.88 Å². The molecule has 2 heteroatoms. The second kappa shape index (κ2) is 4.24.